The van der Waals surface area contributed by atoms with Gasteiger partial charge in [-0.15, -0.1) is 0 Å². The SMILES string of the molecule is CC(C)(C)OC(=O)N[C@@H](Cc1ccccc1)[C@@H](O)[C@@H](NCc1ccccc1)C(=O)O. The summed E-state index contributed by atoms with van der Waals surface area (Å²) in [6, 6.07) is 16.4. The van der Waals surface area contributed by atoms with Crippen molar-refractivity contribution in [1.82, 2.24) is 10.6 Å². The van der Waals surface area contributed by atoms with Crippen LogP contribution in [0.4, 0.5) is 4.79 Å². The molecule has 0 aromatic heterocycles. The fourth-order valence-corrected chi connectivity index (χ4v) is 2.99. The number of hydrogen-bond acceptors (Lipinski definition) is 5. The van der Waals surface area contributed by atoms with Crippen LogP contribution >= 0.6 is 0 Å². The van der Waals surface area contributed by atoms with E-state index in [0.717, 1.165) is 11.1 Å². The highest BCUT2D eigenvalue weighted by Crippen LogP contribution is 2.13. The summed E-state index contributed by atoms with van der Waals surface area (Å²) in [6.07, 6.45) is -1.86. The summed E-state index contributed by atoms with van der Waals surface area (Å²) in [4.78, 5) is 24.2. The van der Waals surface area contributed by atoms with Gasteiger partial charge in [0.25, 0.3) is 0 Å². The zero-order valence-electron chi connectivity index (χ0n) is 17.5. The number of carbonyl (C=O) groups is 2. The first-order valence-electron chi connectivity index (χ1n) is 9.87. The molecule has 4 N–H and O–H groups in total. The van der Waals surface area contributed by atoms with Crippen LogP contribution < -0.4 is 10.6 Å². The lowest BCUT2D eigenvalue weighted by Crippen LogP contribution is -2.57. The number of aliphatic hydroxyl groups excluding tert-OH is 1. The van der Waals surface area contributed by atoms with Crippen molar-refractivity contribution in [3.8, 4) is 0 Å². The molecule has 7 nitrogen and oxygen atoms in total. The normalized spacial score (nSPS) is 14.4. The molecule has 0 saturated carbocycles. The van der Waals surface area contributed by atoms with E-state index in [1.807, 2.05) is 60.7 Å². The fraction of sp³-hybridized carbons (Fsp3) is 0.391. The molecule has 0 saturated heterocycles. The minimum absolute atomic E-state index is 0.248. The number of alkyl carbamates (subject to hydrolysis) is 1. The number of rotatable bonds is 9. The van der Waals surface area contributed by atoms with Crippen molar-refractivity contribution in [1.29, 1.82) is 0 Å². The van der Waals surface area contributed by atoms with Gasteiger partial charge >= 0.3 is 12.1 Å². The molecule has 2 rings (SSSR count). The Morgan fingerprint density at radius 3 is 2.00 bits per heavy atom. The van der Waals surface area contributed by atoms with Gasteiger partial charge < -0.3 is 20.3 Å². The summed E-state index contributed by atoms with van der Waals surface area (Å²) in [6.45, 7) is 5.46. The van der Waals surface area contributed by atoms with Crippen molar-refractivity contribution < 1.29 is 24.5 Å². The van der Waals surface area contributed by atoms with Crippen LogP contribution in [0.2, 0.25) is 0 Å². The van der Waals surface area contributed by atoms with Crippen LogP contribution in [0.3, 0.4) is 0 Å². The first-order valence-corrected chi connectivity index (χ1v) is 9.87. The predicted octanol–water partition coefficient (Wildman–Crippen LogP) is 2.73. The Labute approximate surface area is 177 Å². The van der Waals surface area contributed by atoms with E-state index in [1.165, 1.54) is 0 Å². The van der Waals surface area contributed by atoms with E-state index in [0.29, 0.717) is 0 Å². The molecule has 0 aliphatic rings. The van der Waals surface area contributed by atoms with Crippen molar-refractivity contribution >= 4 is 12.1 Å². The van der Waals surface area contributed by atoms with E-state index in [9.17, 15) is 19.8 Å². The lowest BCUT2D eigenvalue weighted by Gasteiger charge is -2.30. The third kappa shape index (κ3) is 7.85. The third-order valence-electron chi connectivity index (χ3n) is 4.39. The zero-order chi connectivity index (χ0) is 22.1. The van der Waals surface area contributed by atoms with Crippen molar-refractivity contribution in [2.24, 2.45) is 0 Å². The second-order valence-corrected chi connectivity index (χ2v) is 8.12. The number of aliphatic hydroxyl groups is 1. The lowest BCUT2D eigenvalue weighted by atomic mass is 9.96. The first-order chi connectivity index (χ1) is 14.2. The summed E-state index contributed by atoms with van der Waals surface area (Å²) >= 11 is 0. The van der Waals surface area contributed by atoms with Gasteiger partial charge in [-0.25, -0.2) is 4.79 Å². The number of carboxylic acids is 1. The molecule has 0 aliphatic carbocycles. The second-order valence-electron chi connectivity index (χ2n) is 8.12. The monoisotopic (exact) mass is 414 g/mol. The van der Waals surface area contributed by atoms with E-state index >= 15 is 0 Å². The summed E-state index contributed by atoms with van der Waals surface area (Å²) in [7, 11) is 0. The maximum atomic E-state index is 12.3. The Hall–Kier alpha value is -2.90. The van der Waals surface area contributed by atoms with Gasteiger partial charge in [0.2, 0.25) is 0 Å². The molecule has 0 spiro atoms. The summed E-state index contributed by atoms with van der Waals surface area (Å²) in [5.41, 5.74) is 1.02. The second kappa shape index (κ2) is 10.8. The highest BCUT2D eigenvalue weighted by molar-refractivity contribution is 5.75. The van der Waals surface area contributed by atoms with Crippen molar-refractivity contribution in [3.05, 3.63) is 71.8 Å². The molecule has 0 aliphatic heterocycles. The van der Waals surface area contributed by atoms with Crippen LogP contribution in [0, 0.1) is 0 Å². The Kier molecular flexibility index (Phi) is 8.38. The first kappa shape index (κ1) is 23.4. The van der Waals surface area contributed by atoms with Gasteiger partial charge in [0, 0.05) is 6.54 Å². The molecule has 2 aromatic carbocycles. The molecule has 3 atom stereocenters. The standard InChI is InChI=1S/C23H30N2O5/c1-23(2,3)30-22(29)25-18(14-16-10-6-4-7-11-16)20(26)19(21(27)28)24-15-17-12-8-5-9-13-17/h4-13,18-20,24,26H,14-15H2,1-3H3,(H,25,29)(H,27,28)/t18-,19+,20+/m0/s1. The fourth-order valence-electron chi connectivity index (χ4n) is 2.99. The van der Waals surface area contributed by atoms with Crippen LogP contribution in [0.15, 0.2) is 60.7 Å². The predicted molar refractivity (Wildman–Crippen MR) is 114 cm³/mol. The van der Waals surface area contributed by atoms with Crippen molar-refractivity contribution in [3.63, 3.8) is 0 Å². The Balaban J connectivity index is 2.17. The van der Waals surface area contributed by atoms with Crippen LogP contribution in [0.25, 0.3) is 0 Å². The van der Waals surface area contributed by atoms with Gasteiger partial charge in [0.15, 0.2) is 0 Å². The number of amides is 1. The van der Waals surface area contributed by atoms with Crippen LogP contribution in [0.1, 0.15) is 31.9 Å². The van der Waals surface area contributed by atoms with E-state index in [2.05, 4.69) is 10.6 Å². The van der Waals surface area contributed by atoms with Crippen molar-refractivity contribution in [2.45, 2.75) is 57.5 Å². The topological polar surface area (TPSA) is 108 Å². The molecule has 2 aromatic rings. The van der Waals surface area contributed by atoms with E-state index in [1.54, 1.807) is 20.8 Å². The lowest BCUT2D eigenvalue weighted by molar-refractivity contribution is -0.143. The number of carbonyl (C=O) groups excluding carboxylic acids is 1. The number of nitrogens with one attached hydrogen (secondary N) is 2. The molecule has 1 amide bonds. The number of carboxylic acid groups (broad SMARTS) is 1. The Morgan fingerprint density at radius 2 is 1.50 bits per heavy atom. The van der Waals surface area contributed by atoms with E-state index in [4.69, 9.17) is 4.74 Å². The molecular formula is C23H30N2O5. The molecule has 162 valence electrons. The van der Waals surface area contributed by atoms with Gasteiger partial charge in [-0.3, -0.25) is 10.1 Å². The minimum Gasteiger partial charge on any atom is -0.480 e. The molecule has 0 bridgehead atoms. The number of aliphatic carboxylic acids is 1. The van der Waals surface area contributed by atoms with Gasteiger partial charge in [0.1, 0.15) is 17.7 Å². The van der Waals surface area contributed by atoms with E-state index in [-0.39, 0.29) is 13.0 Å². The summed E-state index contributed by atoms with van der Waals surface area (Å²) < 4.78 is 5.30. The Bertz CT molecular complexity index is 805. The van der Waals surface area contributed by atoms with Crippen LogP contribution in [-0.2, 0) is 22.5 Å². The zero-order valence-corrected chi connectivity index (χ0v) is 17.5. The smallest absolute Gasteiger partial charge is 0.407 e. The summed E-state index contributed by atoms with van der Waals surface area (Å²) in [5, 5.41) is 26.1. The van der Waals surface area contributed by atoms with Crippen LogP contribution in [0.5, 0.6) is 0 Å². The molecule has 0 unspecified atom stereocenters. The number of benzene rings is 2. The number of hydrogen-bond donors (Lipinski definition) is 4. The molecule has 7 heteroatoms. The highest BCUT2D eigenvalue weighted by atomic mass is 16.6. The quantitative estimate of drug-likeness (QED) is 0.503. The molecular weight excluding hydrogens is 384 g/mol. The summed E-state index contributed by atoms with van der Waals surface area (Å²) in [5.74, 6) is -1.21. The largest absolute Gasteiger partial charge is 0.480 e. The third-order valence-corrected chi connectivity index (χ3v) is 4.39. The number of ether oxygens (including phenoxy) is 1. The Morgan fingerprint density at radius 1 is 0.967 bits per heavy atom. The highest BCUT2D eigenvalue weighted by Gasteiger charge is 2.34. The average molecular weight is 415 g/mol. The maximum absolute atomic E-state index is 12.3. The average Bonchev–Trinajstić information content (AvgIpc) is 2.67. The molecule has 0 heterocycles. The van der Waals surface area contributed by atoms with Gasteiger partial charge in [-0.05, 0) is 38.3 Å². The van der Waals surface area contributed by atoms with E-state index < -0.39 is 35.9 Å². The minimum atomic E-state index is -1.39. The maximum Gasteiger partial charge on any atom is 0.407 e. The van der Waals surface area contributed by atoms with Crippen molar-refractivity contribution in [2.75, 3.05) is 0 Å². The van der Waals surface area contributed by atoms with Gasteiger partial charge in [-0.2, -0.15) is 0 Å². The molecule has 0 radical (unpaired) electrons. The van der Waals surface area contributed by atoms with Gasteiger partial charge in [0.05, 0.1) is 6.04 Å². The van der Waals surface area contributed by atoms with Gasteiger partial charge in [-0.1, -0.05) is 60.7 Å². The van der Waals surface area contributed by atoms with Crippen LogP contribution in [-0.4, -0.2) is 46.1 Å². The molecule has 30 heavy (non-hydrogen) atoms. The molecule has 0 fully saturated rings.